The molecule has 2 aromatic rings. The Bertz CT molecular complexity index is 941. The average Bonchev–Trinajstić information content (AvgIpc) is 2.70. The maximum absolute atomic E-state index is 12.6. The van der Waals surface area contributed by atoms with Crippen LogP contribution in [-0.2, 0) is 27.2 Å². The zero-order valence-electron chi connectivity index (χ0n) is 17.6. The van der Waals surface area contributed by atoms with Gasteiger partial charge >= 0.3 is 0 Å². The van der Waals surface area contributed by atoms with E-state index in [-0.39, 0.29) is 5.75 Å². The SMILES string of the molecule is CCCCc1ccc2c(c1)N(OS(=O)(=O)CCC)c1c(CCCC)cccc1S2. The largest absolute Gasteiger partial charge is 0.288 e. The van der Waals surface area contributed by atoms with E-state index < -0.39 is 10.1 Å². The summed E-state index contributed by atoms with van der Waals surface area (Å²) in [6, 6.07) is 12.5. The van der Waals surface area contributed by atoms with Crippen LogP contribution in [0.2, 0.25) is 0 Å². The molecule has 158 valence electrons. The molecule has 0 fully saturated rings. The average molecular weight is 434 g/mol. The predicted molar refractivity (Wildman–Crippen MR) is 122 cm³/mol. The molecule has 0 saturated heterocycles. The van der Waals surface area contributed by atoms with Crippen molar-refractivity contribution >= 4 is 33.3 Å². The Morgan fingerprint density at radius 2 is 1.69 bits per heavy atom. The Balaban J connectivity index is 2.09. The van der Waals surface area contributed by atoms with Gasteiger partial charge in [-0.3, -0.25) is 0 Å². The Morgan fingerprint density at radius 1 is 0.931 bits per heavy atom. The van der Waals surface area contributed by atoms with Crippen LogP contribution in [0.3, 0.4) is 0 Å². The van der Waals surface area contributed by atoms with Crippen molar-refractivity contribution in [3.8, 4) is 0 Å². The summed E-state index contributed by atoms with van der Waals surface area (Å²) in [5.74, 6) is 0.00790. The van der Waals surface area contributed by atoms with Crippen molar-refractivity contribution in [2.75, 3.05) is 10.8 Å². The Hall–Kier alpha value is -1.50. The van der Waals surface area contributed by atoms with E-state index >= 15 is 0 Å². The number of hydrogen-bond acceptors (Lipinski definition) is 5. The fourth-order valence-electron chi connectivity index (χ4n) is 3.51. The molecule has 0 bridgehead atoms. The van der Waals surface area contributed by atoms with Crippen molar-refractivity contribution in [2.45, 2.75) is 75.5 Å². The summed E-state index contributed by atoms with van der Waals surface area (Å²) in [6.45, 7) is 6.20. The van der Waals surface area contributed by atoms with E-state index in [0.717, 1.165) is 65.3 Å². The molecule has 1 heterocycles. The third-order valence-corrected chi connectivity index (χ3v) is 7.41. The van der Waals surface area contributed by atoms with Gasteiger partial charge in [0.15, 0.2) is 0 Å². The highest BCUT2D eigenvalue weighted by Gasteiger charge is 2.30. The number of nitrogens with zero attached hydrogens (tertiary/aromatic N) is 1. The zero-order valence-corrected chi connectivity index (χ0v) is 19.2. The molecular weight excluding hydrogens is 402 g/mol. The summed E-state index contributed by atoms with van der Waals surface area (Å²) >= 11 is 1.69. The smallest absolute Gasteiger partial charge is 0.202 e. The molecule has 0 unspecified atom stereocenters. The number of rotatable bonds is 10. The summed E-state index contributed by atoms with van der Waals surface area (Å²) in [7, 11) is -3.67. The minimum atomic E-state index is -3.67. The van der Waals surface area contributed by atoms with Gasteiger partial charge in [0.2, 0.25) is 0 Å². The molecule has 29 heavy (non-hydrogen) atoms. The number of para-hydroxylation sites is 1. The topological polar surface area (TPSA) is 46.6 Å². The third-order valence-electron chi connectivity index (χ3n) is 5.01. The van der Waals surface area contributed by atoms with Crippen LogP contribution in [0.25, 0.3) is 0 Å². The van der Waals surface area contributed by atoms with Crippen LogP contribution < -0.4 is 5.06 Å². The Labute approximate surface area is 179 Å². The monoisotopic (exact) mass is 433 g/mol. The van der Waals surface area contributed by atoms with Crippen molar-refractivity contribution in [3.05, 3.63) is 47.5 Å². The highest BCUT2D eigenvalue weighted by molar-refractivity contribution is 7.99. The highest BCUT2D eigenvalue weighted by atomic mass is 32.2. The van der Waals surface area contributed by atoms with Gasteiger partial charge in [0.05, 0.1) is 17.1 Å². The van der Waals surface area contributed by atoms with Crippen molar-refractivity contribution in [2.24, 2.45) is 0 Å². The minimum Gasteiger partial charge on any atom is -0.202 e. The van der Waals surface area contributed by atoms with Gasteiger partial charge in [-0.1, -0.05) is 63.6 Å². The summed E-state index contributed by atoms with van der Waals surface area (Å²) in [6.07, 6.45) is 6.79. The molecule has 0 aliphatic carbocycles. The second-order valence-electron chi connectivity index (χ2n) is 7.51. The molecule has 3 rings (SSSR count). The van der Waals surface area contributed by atoms with Crippen LogP contribution in [0.1, 0.15) is 64.0 Å². The second-order valence-corrected chi connectivity index (χ2v) is 10.3. The highest BCUT2D eigenvalue weighted by Crippen LogP contribution is 2.50. The van der Waals surface area contributed by atoms with E-state index in [1.807, 2.05) is 13.0 Å². The number of unbranched alkanes of at least 4 members (excludes halogenated alkanes) is 2. The van der Waals surface area contributed by atoms with Crippen molar-refractivity contribution in [1.82, 2.24) is 0 Å². The van der Waals surface area contributed by atoms with E-state index in [1.54, 1.807) is 16.8 Å². The van der Waals surface area contributed by atoms with Gasteiger partial charge in [-0.15, -0.1) is 4.28 Å². The van der Waals surface area contributed by atoms with Crippen LogP contribution in [0.5, 0.6) is 0 Å². The summed E-state index contributed by atoms with van der Waals surface area (Å²) in [5, 5.41) is 1.59. The van der Waals surface area contributed by atoms with Crippen molar-refractivity contribution < 1.29 is 12.7 Å². The molecule has 0 spiro atoms. The van der Waals surface area contributed by atoms with Gasteiger partial charge in [0.1, 0.15) is 0 Å². The van der Waals surface area contributed by atoms with Crippen LogP contribution >= 0.6 is 11.8 Å². The lowest BCUT2D eigenvalue weighted by Crippen LogP contribution is -2.27. The molecule has 0 saturated carbocycles. The zero-order chi connectivity index (χ0) is 20.9. The molecule has 0 radical (unpaired) electrons. The lowest BCUT2D eigenvalue weighted by molar-refractivity contribution is 0.318. The molecular formula is C23H31NO3S2. The number of benzene rings is 2. The molecule has 1 aliphatic rings. The van der Waals surface area contributed by atoms with Gasteiger partial charge in [-0.25, -0.2) is 5.06 Å². The molecule has 2 aromatic carbocycles. The van der Waals surface area contributed by atoms with Crippen LogP contribution in [0.4, 0.5) is 11.4 Å². The first-order valence-corrected chi connectivity index (χ1v) is 13.0. The number of fused-ring (bicyclic) bond motifs is 2. The van der Waals surface area contributed by atoms with Gasteiger partial charge < -0.3 is 0 Å². The fraction of sp³-hybridized carbons (Fsp3) is 0.478. The number of aryl methyl sites for hydroxylation is 2. The minimum absolute atomic E-state index is 0.00790. The summed E-state index contributed by atoms with van der Waals surface area (Å²) < 4.78 is 31.0. The molecule has 0 amide bonds. The molecule has 6 heteroatoms. The molecule has 0 N–H and O–H groups in total. The first-order valence-electron chi connectivity index (χ1n) is 10.6. The van der Waals surface area contributed by atoms with Gasteiger partial charge in [0, 0.05) is 9.79 Å². The van der Waals surface area contributed by atoms with Crippen molar-refractivity contribution in [3.63, 3.8) is 0 Å². The van der Waals surface area contributed by atoms with E-state index in [2.05, 4.69) is 44.2 Å². The number of anilines is 2. The van der Waals surface area contributed by atoms with Crippen LogP contribution in [-0.4, -0.2) is 14.2 Å². The van der Waals surface area contributed by atoms with Crippen LogP contribution in [0, 0.1) is 0 Å². The van der Waals surface area contributed by atoms with E-state index in [4.69, 9.17) is 4.28 Å². The molecule has 1 aliphatic heterocycles. The third kappa shape index (κ3) is 5.36. The van der Waals surface area contributed by atoms with Gasteiger partial charge in [-0.2, -0.15) is 8.42 Å². The van der Waals surface area contributed by atoms with Gasteiger partial charge in [-0.05, 0) is 61.4 Å². The van der Waals surface area contributed by atoms with Crippen LogP contribution in [0.15, 0.2) is 46.2 Å². The normalized spacial score (nSPS) is 13.3. The summed E-state index contributed by atoms with van der Waals surface area (Å²) in [4.78, 5) is 2.07. The lowest BCUT2D eigenvalue weighted by Gasteiger charge is -2.33. The first-order chi connectivity index (χ1) is 14.0. The standard InChI is InChI=1S/C23H31NO3S2/c1-4-7-10-18-14-15-21-20(17-18)24(27-29(25,26)16-6-3)23-19(11-8-5-2)12-9-13-22(23)28-21/h9,12-15,17H,4-8,10-11,16H2,1-3H3. The second kappa shape index (κ2) is 10.0. The Kier molecular flexibility index (Phi) is 7.66. The predicted octanol–water partition coefficient (Wildman–Crippen LogP) is 6.65. The van der Waals surface area contributed by atoms with E-state index in [9.17, 15) is 8.42 Å². The number of hydrogen-bond donors (Lipinski definition) is 0. The molecule has 0 aromatic heterocycles. The lowest BCUT2D eigenvalue weighted by atomic mass is 10.0. The fourth-order valence-corrected chi connectivity index (χ4v) is 5.54. The van der Waals surface area contributed by atoms with Crippen molar-refractivity contribution in [1.29, 1.82) is 0 Å². The maximum Gasteiger partial charge on any atom is 0.288 e. The Morgan fingerprint density at radius 3 is 2.41 bits per heavy atom. The quantitative estimate of drug-likeness (QED) is 0.420. The van der Waals surface area contributed by atoms with E-state index in [1.165, 1.54) is 5.56 Å². The van der Waals surface area contributed by atoms with Gasteiger partial charge in [0.25, 0.3) is 10.1 Å². The molecule has 0 atom stereocenters. The first kappa shape index (κ1) is 22.2. The maximum atomic E-state index is 12.6. The summed E-state index contributed by atoms with van der Waals surface area (Å²) in [5.41, 5.74) is 4.06. The molecule has 4 nitrogen and oxygen atoms in total. The van der Waals surface area contributed by atoms with E-state index in [0.29, 0.717) is 6.42 Å².